The predicted octanol–water partition coefficient (Wildman–Crippen LogP) is 1.51. The van der Waals surface area contributed by atoms with Crippen molar-refractivity contribution in [1.82, 2.24) is 10.1 Å². The Hall–Kier alpha value is -2.17. The van der Waals surface area contributed by atoms with Gasteiger partial charge in [-0.1, -0.05) is 23.4 Å². The van der Waals surface area contributed by atoms with Crippen LogP contribution in [0.15, 0.2) is 28.8 Å². The molecule has 0 spiro atoms. The van der Waals surface area contributed by atoms with Gasteiger partial charge in [-0.05, 0) is 25.0 Å². The summed E-state index contributed by atoms with van der Waals surface area (Å²) in [4.78, 5) is 18.0. The van der Waals surface area contributed by atoms with Crippen molar-refractivity contribution in [2.75, 3.05) is 11.4 Å². The maximum absolute atomic E-state index is 12.2. The SMILES string of the molecule is Cc1noc(CC(=O)N2CCc3ccccc32)n1. The molecular weight excluding hydrogens is 230 g/mol. The van der Waals surface area contributed by atoms with E-state index in [0.29, 0.717) is 11.7 Å². The zero-order valence-corrected chi connectivity index (χ0v) is 10.1. The number of anilines is 1. The molecule has 0 unspecified atom stereocenters. The number of benzene rings is 1. The molecule has 18 heavy (non-hydrogen) atoms. The normalized spacial score (nSPS) is 13.7. The van der Waals surface area contributed by atoms with Crippen molar-refractivity contribution in [2.45, 2.75) is 19.8 Å². The average Bonchev–Trinajstić information content (AvgIpc) is 2.95. The molecule has 3 rings (SSSR count). The Labute approximate surface area is 104 Å². The van der Waals surface area contributed by atoms with Crippen molar-refractivity contribution in [3.63, 3.8) is 0 Å². The maximum atomic E-state index is 12.2. The fourth-order valence-electron chi connectivity index (χ4n) is 2.23. The van der Waals surface area contributed by atoms with E-state index in [2.05, 4.69) is 16.2 Å². The summed E-state index contributed by atoms with van der Waals surface area (Å²) >= 11 is 0. The molecule has 5 nitrogen and oxygen atoms in total. The van der Waals surface area contributed by atoms with Crippen LogP contribution in [0.4, 0.5) is 5.69 Å². The van der Waals surface area contributed by atoms with Crippen LogP contribution in [0.25, 0.3) is 0 Å². The van der Waals surface area contributed by atoms with Crippen LogP contribution in [0.5, 0.6) is 0 Å². The molecule has 0 N–H and O–H groups in total. The lowest BCUT2D eigenvalue weighted by molar-refractivity contribution is -0.118. The van der Waals surface area contributed by atoms with Crippen LogP contribution in [-0.4, -0.2) is 22.6 Å². The summed E-state index contributed by atoms with van der Waals surface area (Å²) < 4.78 is 4.97. The van der Waals surface area contributed by atoms with E-state index in [-0.39, 0.29) is 12.3 Å². The van der Waals surface area contributed by atoms with Gasteiger partial charge < -0.3 is 9.42 Å². The summed E-state index contributed by atoms with van der Waals surface area (Å²) in [5, 5.41) is 3.68. The first kappa shape index (κ1) is 11.0. The highest BCUT2D eigenvalue weighted by atomic mass is 16.5. The molecular formula is C13H13N3O2. The number of hydrogen-bond acceptors (Lipinski definition) is 4. The zero-order valence-electron chi connectivity index (χ0n) is 10.1. The number of nitrogens with zero attached hydrogens (tertiary/aromatic N) is 3. The van der Waals surface area contributed by atoms with Gasteiger partial charge in [0.1, 0.15) is 6.42 Å². The van der Waals surface area contributed by atoms with Crippen LogP contribution < -0.4 is 4.90 Å². The minimum atomic E-state index is 0.00333. The topological polar surface area (TPSA) is 59.2 Å². The lowest BCUT2D eigenvalue weighted by Gasteiger charge is -2.15. The van der Waals surface area contributed by atoms with E-state index in [1.54, 1.807) is 11.8 Å². The highest BCUT2D eigenvalue weighted by Gasteiger charge is 2.25. The maximum Gasteiger partial charge on any atom is 0.236 e. The number of aryl methyl sites for hydroxylation is 1. The van der Waals surface area contributed by atoms with E-state index in [1.165, 1.54) is 5.56 Å². The van der Waals surface area contributed by atoms with Crippen molar-refractivity contribution >= 4 is 11.6 Å². The molecule has 1 aliphatic rings. The first-order valence-electron chi connectivity index (χ1n) is 5.91. The summed E-state index contributed by atoms with van der Waals surface area (Å²) in [6.45, 7) is 2.47. The summed E-state index contributed by atoms with van der Waals surface area (Å²) in [5.74, 6) is 0.935. The second-order valence-corrected chi connectivity index (χ2v) is 4.34. The third-order valence-corrected chi connectivity index (χ3v) is 3.06. The standard InChI is InChI=1S/C13H13N3O2/c1-9-14-12(18-15-9)8-13(17)16-7-6-10-4-2-3-5-11(10)16/h2-5H,6-8H2,1H3. The van der Waals surface area contributed by atoms with E-state index in [1.807, 2.05) is 18.2 Å². The molecule has 0 radical (unpaired) electrons. The molecule has 0 aliphatic carbocycles. The van der Waals surface area contributed by atoms with Crippen LogP contribution in [0, 0.1) is 6.92 Å². The molecule has 0 bridgehead atoms. The first-order chi connectivity index (χ1) is 8.74. The number of fused-ring (bicyclic) bond motifs is 1. The molecule has 92 valence electrons. The highest BCUT2D eigenvalue weighted by molar-refractivity contribution is 5.96. The van der Waals surface area contributed by atoms with Crippen molar-refractivity contribution in [2.24, 2.45) is 0 Å². The average molecular weight is 243 g/mol. The minimum absolute atomic E-state index is 0.00333. The summed E-state index contributed by atoms with van der Waals surface area (Å²) in [7, 11) is 0. The Morgan fingerprint density at radius 2 is 2.28 bits per heavy atom. The zero-order chi connectivity index (χ0) is 12.5. The molecule has 0 atom stereocenters. The minimum Gasteiger partial charge on any atom is -0.339 e. The second kappa shape index (κ2) is 4.25. The molecule has 0 fully saturated rings. The van der Waals surface area contributed by atoms with Gasteiger partial charge in [-0.15, -0.1) is 0 Å². The van der Waals surface area contributed by atoms with Crippen LogP contribution >= 0.6 is 0 Å². The third kappa shape index (κ3) is 1.88. The van der Waals surface area contributed by atoms with Crippen LogP contribution in [0.1, 0.15) is 17.3 Å². The predicted molar refractivity (Wildman–Crippen MR) is 65.2 cm³/mol. The molecule has 0 saturated heterocycles. The second-order valence-electron chi connectivity index (χ2n) is 4.34. The van der Waals surface area contributed by atoms with Crippen molar-refractivity contribution in [3.8, 4) is 0 Å². The van der Waals surface area contributed by atoms with E-state index in [4.69, 9.17) is 4.52 Å². The molecule has 1 aliphatic heterocycles. The Bertz CT molecular complexity index is 591. The van der Waals surface area contributed by atoms with Gasteiger partial charge in [-0.2, -0.15) is 4.98 Å². The van der Waals surface area contributed by atoms with Crippen LogP contribution in [0.2, 0.25) is 0 Å². The van der Waals surface area contributed by atoms with Gasteiger partial charge in [0.2, 0.25) is 11.8 Å². The van der Waals surface area contributed by atoms with Crippen molar-refractivity contribution in [1.29, 1.82) is 0 Å². The molecule has 1 aromatic heterocycles. The number of aromatic nitrogens is 2. The summed E-state index contributed by atoms with van der Waals surface area (Å²) in [6, 6.07) is 7.97. The van der Waals surface area contributed by atoms with E-state index < -0.39 is 0 Å². The fraction of sp³-hybridized carbons (Fsp3) is 0.308. The number of amides is 1. The van der Waals surface area contributed by atoms with Gasteiger partial charge in [-0.25, -0.2) is 0 Å². The number of para-hydroxylation sites is 1. The van der Waals surface area contributed by atoms with Crippen molar-refractivity contribution in [3.05, 3.63) is 41.5 Å². The van der Waals surface area contributed by atoms with Gasteiger partial charge in [0.15, 0.2) is 5.82 Å². The quantitative estimate of drug-likeness (QED) is 0.802. The summed E-state index contributed by atoms with van der Waals surface area (Å²) in [5.41, 5.74) is 2.21. The van der Waals surface area contributed by atoms with Crippen molar-refractivity contribution < 1.29 is 9.32 Å². The molecule has 2 aromatic rings. The molecule has 1 aromatic carbocycles. The molecule has 0 saturated carbocycles. The molecule has 1 amide bonds. The fourth-order valence-corrected chi connectivity index (χ4v) is 2.23. The number of hydrogen-bond donors (Lipinski definition) is 0. The highest BCUT2D eigenvalue weighted by Crippen LogP contribution is 2.27. The molecule has 2 heterocycles. The lowest BCUT2D eigenvalue weighted by Crippen LogP contribution is -2.30. The Kier molecular flexibility index (Phi) is 2.59. The largest absolute Gasteiger partial charge is 0.339 e. The van der Waals surface area contributed by atoms with Gasteiger partial charge in [0.25, 0.3) is 0 Å². The smallest absolute Gasteiger partial charge is 0.236 e. The van der Waals surface area contributed by atoms with Crippen LogP contribution in [0.3, 0.4) is 0 Å². The van der Waals surface area contributed by atoms with E-state index in [9.17, 15) is 4.79 Å². The van der Waals surface area contributed by atoms with E-state index in [0.717, 1.165) is 18.7 Å². The number of rotatable bonds is 2. The first-order valence-corrected chi connectivity index (χ1v) is 5.91. The van der Waals surface area contributed by atoms with Gasteiger partial charge in [0.05, 0.1) is 0 Å². The van der Waals surface area contributed by atoms with Gasteiger partial charge in [0, 0.05) is 12.2 Å². The van der Waals surface area contributed by atoms with Gasteiger partial charge >= 0.3 is 0 Å². The van der Waals surface area contributed by atoms with Crippen LogP contribution in [-0.2, 0) is 17.6 Å². The number of carbonyl (C=O) groups is 1. The summed E-state index contributed by atoms with van der Waals surface area (Å²) in [6.07, 6.45) is 1.07. The lowest BCUT2D eigenvalue weighted by atomic mass is 10.2. The monoisotopic (exact) mass is 243 g/mol. The molecule has 5 heteroatoms. The Morgan fingerprint density at radius 1 is 1.44 bits per heavy atom. The Morgan fingerprint density at radius 3 is 3.06 bits per heavy atom. The van der Waals surface area contributed by atoms with E-state index >= 15 is 0 Å². The third-order valence-electron chi connectivity index (χ3n) is 3.06. The Balaban J connectivity index is 1.78. The number of carbonyl (C=O) groups excluding carboxylic acids is 1. The van der Waals surface area contributed by atoms with Gasteiger partial charge in [-0.3, -0.25) is 4.79 Å².